The monoisotopic (exact) mass is 353 g/mol. The van der Waals surface area contributed by atoms with Gasteiger partial charge >= 0.3 is 0 Å². The van der Waals surface area contributed by atoms with Crippen LogP contribution >= 0.6 is 15.9 Å². The number of hydrogen-bond acceptors (Lipinski definition) is 3. The van der Waals surface area contributed by atoms with E-state index in [1.54, 1.807) is 25.2 Å². The van der Waals surface area contributed by atoms with Crippen LogP contribution in [0.3, 0.4) is 0 Å². The molecular weight excluding hydrogens is 342 g/mol. The van der Waals surface area contributed by atoms with Crippen LogP contribution in [0, 0.1) is 11.3 Å². The minimum absolute atomic E-state index is 0.115. The highest BCUT2D eigenvalue weighted by molar-refractivity contribution is 9.08. The molecule has 0 aliphatic rings. The molecule has 0 aliphatic heterocycles. The van der Waals surface area contributed by atoms with Crippen molar-refractivity contribution in [2.24, 2.45) is 7.05 Å². The van der Waals surface area contributed by atoms with Gasteiger partial charge in [0.25, 0.3) is 5.56 Å². The average molecular weight is 354 g/mol. The second-order valence-corrected chi connectivity index (χ2v) is 5.50. The lowest BCUT2D eigenvalue weighted by atomic mass is 10.1. The van der Waals surface area contributed by atoms with Gasteiger partial charge in [0.2, 0.25) is 0 Å². The molecule has 1 heterocycles. The number of aromatic nitrogens is 2. The zero-order valence-corrected chi connectivity index (χ0v) is 13.5. The Bertz CT molecular complexity index is 970. The number of hydrogen-bond donors (Lipinski definition) is 0. The summed E-state index contributed by atoms with van der Waals surface area (Å²) in [6.07, 6.45) is 0. The van der Waals surface area contributed by atoms with Crippen LogP contribution in [0.25, 0.3) is 22.3 Å². The Morgan fingerprint density at radius 2 is 2.05 bits per heavy atom. The number of alkyl halides is 1. The molecule has 108 valence electrons. The molecule has 0 radical (unpaired) electrons. The summed E-state index contributed by atoms with van der Waals surface area (Å²) >= 11 is 3.39. The van der Waals surface area contributed by atoms with Crippen LogP contribution < -0.4 is 5.56 Å². The van der Waals surface area contributed by atoms with Crippen molar-refractivity contribution in [1.29, 1.82) is 5.26 Å². The first-order valence-corrected chi connectivity index (χ1v) is 7.83. The highest BCUT2D eigenvalue weighted by Gasteiger charge is 2.13. The van der Waals surface area contributed by atoms with Crippen molar-refractivity contribution >= 4 is 26.8 Å². The van der Waals surface area contributed by atoms with Crippen LogP contribution in [0.2, 0.25) is 0 Å². The third kappa shape index (κ3) is 2.32. The van der Waals surface area contributed by atoms with Crippen LogP contribution in [0.4, 0.5) is 0 Å². The molecule has 22 heavy (non-hydrogen) atoms. The zero-order chi connectivity index (χ0) is 15.7. The van der Waals surface area contributed by atoms with Gasteiger partial charge in [-0.25, -0.2) is 4.98 Å². The minimum Gasteiger partial charge on any atom is -0.295 e. The highest BCUT2D eigenvalue weighted by atomic mass is 79.9. The molecular formula is C17H12BrN3O. The summed E-state index contributed by atoms with van der Waals surface area (Å²) < 4.78 is 1.50. The molecule has 0 N–H and O–H groups in total. The van der Waals surface area contributed by atoms with Crippen molar-refractivity contribution < 1.29 is 0 Å². The summed E-state index contributed by atoms with van der Waals surface area (Å²) in [7, 11) is 1.68. The van der Waals surface area contributed by atoms with Gasteiger partial charge in [0.05, 0.1) is 22.5 Å². The smallest absolute Gasteiger partial charge is 0.261 e. The Kier molecular flexibility index (Phi) is 3.78. The van der Waals surface area contributed by atoms with Crippen LogP contribution in [0.5, 0.6) is 0 Å². The summed E-state index contributed by atoms with van der Waals surface area (Å²) in [5.74, 6) is 0.501. The average Bonchev–Trinajstić information content (AvgIpc) is 2.57. The molecule has 5 heteroatoms. The second kappa shape index (κ2) is 5.74. The van der Waals surface area contributed by atoms with Crippen molar-refractivity contribution in [2.75, 3.05) is 0 Å². The van der Waals surface area contributed by atoms with Gasteiger partial charge in [0.1, 0.15) is 5.82 Å². The number of nitriles is 1. The summed E-state index contributed by atoms with van der Waals surface area (Å²) in [6, 6.07) is 14.9. The van der Waals surface area contributed by atoms with E-state index in [9.17, 15) is 10.1 Å². The number of nitrogens with zero attached hydrogens (tertiary/aromatic N) is 3. The van der Waals surface area contributed by atoms with Crippen molar-refractivity contribution in [1.82, 2.24) is 9.55 Å². The fraction of sp³-hybridized carbons (Fsp3) is 0.118. The summed E-state index contributed by atoms with van der Waals surface area (Å²) in [5, 5.41) is 10.5. The second-order valence-electron chi connectivity index (χ2n) is 4.94. The molecule has 1 aromatic heterocycles. The third-order valence-corrected chi connectivity index (χ3v) is 4.23. The van der Waals surface area contributed by atoms with E-state index in [4.69, 9.17) is 0 Å². The molecule has 0 unspecified atom stereocenters. The van der Waals surface area contributed by atoms with Crippen LogP contribution in [0.1, 0.15) is 11.1 Å². The number of rotatable bonds is 2. The van der Waals surface area contributed by atoms with Gasteiger partial charge < -0.3 is 0 Å². The SMILES string of the molecule is Cn1c(-c2ccccc2C#N)nc2ccc(CBr)cc2c1=O. The topological polar surface area (TPSA) is 58.7 Å². The van der Waals surface area contributed by atoms with E-state index in [1.807, 2.05) is 24.3 Å². The molecule has 0 amide bonds. The Morgan fingerprint density at radius 1 is 1.27 bits per heavy atom. The largest absolute Gasteiger partial charge is 0.295 e. The predicted molar refractivity (Wildman–Crippen MR) is 89.8 cm³/mol. The number of halogens is 1. The van der Waals surface area contributed by atoms with E-state index in [1.165, 1.54) is 4.57 Å². The summed E-state index contributed by atoms with van der Waals surface area (Å²) in [6.45, 7) is 0. The van der Waals surface area contributed by atoms with Gasteiger partial charge in [-0.1, -0.05) is 34.1 Å². The summed E-state index contributed by atoms with van der Waals surface area (Å²) in [5.41, 5.74) is 2.71. The Labute approximate surface area is 135 Å². The van der Waals surface area contributed by atoms with Crippen LogP contribution in [-0.4, -0.2) is 9.55 Å². The normalized spacial score (nSPS) is 10.6. The lowest BCUT2D eigenvalue weighted by molar-refractivity contribution is 0.855. The molecule has 0 saturated carbocycles. The van der Waals surface area contributed by atoms with Gasteiger partial charge in [0, 0.05) is 17.9 Å². The Morgan fingerprint density at radius 3 is 2.77 bits per heavy atom. The molecule has 4 nitrogen and oxygen atoms in total. The fourth-order valence-corrected chi connectivity index (χ4v) is 2.77. The Hall–Kier alpha value is -2.45. The molecule has 0 spiro atoms. The molecule has 2 aromatic carbocycles. The van der Waals surface area contributed by atoms with Gasteiger partial charge in [-0.2, -0.15) is 5.26 Å². The van der Waals surface area contributed by atoms with Gasteiger partial charge in [-0.05, 0) is 29.8 Å². The molecule has 0 aliphatic carbocycles. The van der Waals surface area contributed by atoms with E-state index < -0.39 is 0 Å². The fourth-order valence-electron chi connectivity index (χ4n) is 2.42. The van der Waals surface area contributed by atoms with E-state index >= 15 is 0 Å². The predicted octanol–water partition coefficient (Wildman–Crippen LogP) is 3.37. The van der Waals surface area contributed by atoms with Crippen LogP contribution in [0.15, 0.2) is 47.3 Å². The van der Waals surface area contributed by atoms with Crippen molar-refractivity contribution in [3.05, 3.63) is 63.9 Å². The van der Waals surface area contributed by atoms with E-state index in [2.05, 4.69) is 27.0 Å². The minimum atomic E-state index is -0.115. The maximum Gasteiger partial charge on any atom is 0.261 e. The molecule has 0 atom stereocenters. The van der Waals surface area contributed by atoms with E-state index in [0.29, 0.717) is 33.2 Å². The van der Waals surface area contributed by atoms with E-state index in [-0.39, 0.29) is 5.56 Å². The maximum atomic E-state index is 12.6. The molecule has 3 rings (SSSR count). The van der Waals surface area contributed by atoms with Crippen molar-refractivity contribution in [3.8, 4) is 17.5 Å². The highest BCUT2D eigenvalue weighted by Crippen LogP contribution is 2.22. The quantitative estimate of drug-likeness (QED) is 0.663. The number of benzene rings is 2. The lowest BCUT2D eigenvalue weighted by Crippen LogP contribution is -2.20. The van der Waals surface area contributed by atoms with Crippen molar-refractivity contribution in [3.63, 3.8) is 0 Å². The molecule has 0 saturated heterocycles. The standard InChI is InChI=1S/C17H12BrN3O/c1-21-16(13-5-3-2-4-12(13)10-19)20-15-7-6-11(9-18)8-14(15)17(21)22/h2-8H,9H2,1H3. The Balaban J connectivity index is 2.35. The van der Waals surface area contributed by atoms with Gasteiger partial charge in [-0.15, -0.1) is 0 Å². The van der Waals surface area contributed by atoms with Crippen molar-refractivity contribution in [2.45, 2.75) is 5.33 Å². The third-order valence-electron chi connectivity index (χ3n) is 3.58. The zero-order valence-electron chi connectivity index (χ0n) is 11.9. The molecule has 3 aromatic rings. The summed E-state index contributed by atoms with van der Waals surface area (Å²) in [4.78, 5) is 17.2. The first-order valence-electron chi connectivity index (χ1n) is 6.71. The lowest BCUT2D eigenvalue weighted by Gasteiger charge is -2.11. The first-order chi connectivity index (χ1) is 10.7. The number of fused-ring (bicyclic) bond motifs is 1. The molecule has 0 bridgehead atoms. The van der Waals surface area contributed by atoms with E-state index in [0.717, 1.165) is 5.56 Å². The van der Waals surface area contributed by atoms with Gasteiger partial charge in [-0.3, -0.25) is 9.36 Å². The molecule has 0 fully saturated rings. The first kappa shape index (κ1) is 14.5. The maximum absolute atomic E-state index is 12.6. The van der Waals surface area contributed by atoms with Crippen LogP contribution in [-0.2, 0) is 12.4 Å². The van der Waals surface area contributed by atoms with Gasteiger partial charge in [0.15, 0.2) is 0 Å².